The lowest BCUT2D eigenvalue weighted by Crippen LogP contribution is -2.09. The van der Waals surface area contributed by atoms with Gasteiger partial charge in [0.15, 0.2) is 0 Å². The Labute approximate surface area is 161 Å². The smallest absolute Gasteiger partial charge is 0.342 e. The van der Waals surface area contributed by atoms with Crippen LogP contribution in [0.1, 0.15) is 31.8 Å². The second-order valence-electron chi connectivity index (χ2n) is 6.01. The predicted octanol–water partition coefficient (Wildman–Crippen LogP) is 3.81. The zero-order chi connectivity index (χ0) is 19.9. The fourth-order valence-corrected chi connectivity index (χ4v) is 2.51. The molecule has 142 valence electrons. The maximum Gasteiger partial charge on any atom is 0.342 e. The van der Waals surface area contributed by atoms with Gasteiger partial charge >= 0.3 is 11.9 Å². The fourth-order valence-electron chi connectivity index (χ4n) is 2.51. The van der Waals surface area contributed by atoms with Gasteiger partial charge in [-0.25, -0.2) is 9.59 Å². The summed E-state index contributed by atoms with van der Waals surface area (Å²) in [7, 11) is 0. The first-order valence-corrected chi connectivity index (χ1v) is 8.52. The fraction of sp³-hybridized carbons (Fsp3) is 0.0909. The molecule has 6 heteroatoms. The minimum atomic E-state index is -0.819. The molecule has 0 spiro atoms. The largest absolute Gasteiger partial charge is 0.507 e. The minimum Gasteiger partial charge on any atom is -0.507 e. The van der Waals surface area contributed by atoms with E-state index < -0.39 is 23.4 Å². The highest BCUT2D eigenvalue weighted by molar-refractivity contribution is 5.98. The molecule has 0 bridgehead atoms. The highest BCUT2D eigenvalue weighted by atomic mass is 16.5. The zero-order valence-electron chi connectivity index (χ0n) is 14.9. The van der Waals surface area contributed by atoms with Crippen molar-refractivity contribution in [3.8, 4) is 11.5 Å². The quantitative estimate of drug-likeness (QED) is 0.500. The van der Waals surface area contributed by atoms with E-state index in [-0.39, 0.29) is 24.3 Å². The molecule has 0 atom stereocenters. The van der Waals surface area contributed by atoms with E-state index >= 15 is 0 Å². The predicted molar refractivity (Wildman–Crippen MR) is 101 cm³/mol. The van der Waals surface area contributed by atoms with Crippen LogP contribution in [0.5, 0.6) is 11.5 Å². The summed E-state index contributed by atoms with van der Waals surface area (Å²) < 4.78 is 10.3. The number of phenolic OH excluding ortho intramolecular Hbond substituents is 2. The standard InChI is InChI=1S/C22H18O6/c23-19-12-18(22(26)28-14-16-9-5-2-6-10-16)20(24)11-17(19)21(25)27-13-15-7-3-1-4-8-15/h1-12,23-24H,13-14H2. The molecule has 0 radical (unpaired) electrons. The minimum absolute atomic E-state index is 0.0146. The van der Waals surface area contributed by atoms with Gasteiger partial charge in [-0.3, -0.25) is 0 Å². The number of carbonyl (C=O) groups excluding carboxylic acids is 2. The zero-order valence-corrected chi connectivity index (χ0v) is 14.9. The van der Waals surface area contributed by atoms with Gasteiger partial charge in [0.25, 0.3) is 0 Å². The van der Waals surface area contributed by atoms with Gasteiger partial charge in [0.1, 0.15) is 35.8 Å². The molecule has 0 amide bonds. The highest BCUT2D eigenvalue weighted by Gasteiger charge is 2.21. The molecule has 0 aliphatic heterocycles. The van der Waals surface area contributed by atoms with Crippen molar-refractivity contribution in [2.45, 2.75) is 13.2 Å². The van der Waals surface area contributed by atoms with Crippen LogP contribution in [-0.4, -0.2) is 22.2 Å². The van der Waals surface area contributed by atoms with E-state index in [1.165, 1.54) is 0 Å². The Kier molecular flexibility index (Phi) is 5.91. The summed E-state index contributed by atoms with van der Waals surface area (Å²) in [6, 6.07) is 20.0. The number of ether oxygens (including phenoxy) is 2. The summed E-state index contributed by atoms with van der Waals surface area (Å²) in [4.78, 5) is 24.3. The van der Waals surface area contributed by atoms with Gasteiger partial charge in [0.05, 0.1) is 0 Å². The molecule has 3 aromatic carbocycles. The Bertz CT molecular complexity index is 886. The average Bonchev–Trinajstić information content (AvgIpc) is 2.73. The first-order valence-electron chi connectivity index (χ1n) is 8.52. The molecule has 2 N–H and O–H groups in total. The van der Waals surface area contributed by atoms with Crippen molar-refractivity contribution in [3.63, 3.8) is 0 Å². The van der Waals surface area contributed by atoms with Gasteiger partial charge in [-0.2, -0.15) is 0 Å². The van der Waals surface area contributed by atoms with E-state index in [4.69, 9.17) is 9.47 Å². The van der Waals surface area contributed by atoms with Crippen LogP contribution < -0.4 is 0 Å². The molecule has 6 nitrogen and oxygen atoms in total. The van der Waals surface area contributed by atoms with Crippen molar-refractivity contribution in [2.75, 3.05) is 0 Å². The van der Waals surface area contributed by atoms with Crippen molar-refractivity contribution in [1.29, 1.82) is 0 Å². The van der Waals surface area contributed by atoms with Crippen LogP contribution in [0.2, 0.25) is 0 Å². The molecule has 0 heterocycles. The van der Waals surface area contributed by atoms with Crippen LogP contribution in [0, 0.1) is 0 Å². The van der Waals surface area contributed by atoms with E-state index in [0.29, 0.717) is 0 Å². The summed E-state index contributed by atoms with van der Waals surface area (Å²) in [6.07, 6.45) is 0. The first kappa shape index (κ1) is 19.0. The summed E-state index contributed by atoms with van der Waals surface area (Å²) in [5.74, 6) is -2.60. The van der Waals surface area contributed by atoms with E-state index in [1.54, 1.807) is 24.3 Å². The van der Waals surface area contributed by atoms with Gasteiger partial charge in [0.2, 0.25) is 0 Å². The van der Waals surface area contributed by atoms with Crippen LogP contribution in [0.15, 0.2) is 72.8 Å². The third-order valence-corrected chi connectivity index (χ3v) is 3.98. The Morgan fingerprint density at radius 2 is 1.00 bits per heavy atom. The van der Waals surface area contributed by atoms with Crippen molar-refractivity contribution in [1.82, 2.24) is 0 Å². The molecular formula is C22H18O6. The highest BCUT2D eigenvalue weighted by Crippen LogP contribution is 2.29. The van der Waals surface area contributed by atoms with Crippen LogP contribution >= 0.6 is 0 Å². The lowest BCUT2D eigenvalue weighted by atomic mass is 10.1. The molecule has 0 saturated heterocycles. The second kappa shape index (κ2) is 8.73. The number of rotatable bonds is 6. The number of benzene rings is 3. The van der Waals surface area contributed by atoms with Crippen LogP contribution in [0.3, 0.4) is 0 Å². The molecule has 0 aromatic heterocycles. The Hall–Kier alpha value is -3.80. The van der Waals surface area contributed by atoms with Crippen molar-refractivity contribution in [2.24, 2.45) is 0 Å². The topological polar surface area (TPSA) is 93.1 Å². The number of carbonyl (C=O) groups is 2. The molecule has 0 unspecified atom stereocenters. The summed E-state index contributed by atoms with van der Waals surface area (Å²) >= 11 is 0. The third-order valence-electron chi connectivity index (χ3n) is 3.98. The number of aromatic hydroxyl groups is 2. The summed E-state index contributed by atoms with van der Waals surface area (Å²) in [6.45, 7) is 0.0293. The number of phenols is 2. The van der Waals surface area contributed by atoms with Crippen molar-refractivity contribution in [3.05, 3.63) is 95.1 Å². The number of hydrogen-bond acceptors (Lipinski definition) is 6. The Balaban J connectivity index is 1.67. The van der Waals surface area contributed by atoms with Gasteiger partial charge < -0.3 is 19.7 Å². The van der Waals surface area contributed by atoms with E-state index in [2.05, 4.69) is 0 Å². The van der Waals surface area contributed by atoms with Gasteiger partial charge in [-0.1, -0.05) is 60.7 Å². The molecule has 0 saturated carbocycles. The first-order chi connectivity index (χ1) is 13.5. The maximum absolute atomic E-state index is 12.2. The molecule has 3 aromatic rings. The van der Waals surface area contributed by atoms with Crippen molar-refractivity contribution >= 4 is 11.9 Å². The van der Waals surface area contributed by atoms with Gasteiger partial charge in [-0.15, -0.1) is 0 Å². The number of esters is 2. The van der Waals surface area contributed by atoms with Crippen LogP contribution in [0.25, 0.3) is 0 Å². The summed E-state index contributed by atoms with van der Waals surface area (Å²) in [5.41, 5.74) is 1.07. The molecule has 3 rings (SSSR count). The number of hydrogen-bond donors (Lipinski definition) is 2. The molecule has 0 aliphatic carbocycles. The molecule has 28 heavy (non-hydrogen) atoms. The maximum atomic E-state index is 12.2. The SMILES string of the molecule is O=C(OCc1ccccc1)c1cc(O)c(C(=O)OCc2ccccc2)cc1O. The molecule has 0 fully saturated rings. The van der Waals surface area contributed by atoms with E-state index in [1.807, 2.05) is 36.4 Å². The van der Waals surface area contributed by atoms with Gasteiger partial charge in [0, 0.05) is 0 Å². The summed E-state index contributed by atoms with van der Waals surface area (Å²) in [5, 5.41) is 20.2. The average molecular weight is 378 g/mol. The third kappa shape index (κ3) is 4.67. The van der Waals surface area contributed by atoms with Gasteiger partial charge in [-0.05, 0) is 23.3 Å². The van der Waals surface area contributed by atoms with Crippen LogP contribution in [-0.2, 0) is 22.7 Å². The lowest BCUT2D eigenvalue weighted by molar-refractivity contribution is 0.0452. The second-order valence-corrected chi connectivity index (χ2v) is 6.01. The normalized spacial score (nSPS) is 10.3. The lowest BCUT2D eigenvalue weighted by Gasteiger charge is -2.10. The monoisotopic (exact) mass is 378 g/mol. The van der Waals surface area contributed by atoms with E-state index in [9.17, 15) is 19.8 Å². The Morgan fingerprint density at radius 3 is 1.36 bits per heavy atom. The molecular weight excluding hydrogens is 360 g/mol. The van der Waals surface area contributed by atoms with E-state index in [0.717, 1.165) is 23.3 Å². The van der Waals surface area contributed by atoms with Crippen molar-refractivity contribution < 1.29 is 29.3 Å². The molecule has 0 aliphatic rings. The Morgan fingerprint density at radius 1 is 0.643 bits per heavy atom. The van der Waals surface area contributed by atoms with Crippen LogP contribution in [0.4, 0.5) is 0 Å².